The van der Waals surface area contributed by atoms with Crippen molar-refractivity contribution in [2.24, 2.45) is 10.9 Å². The molecule has 1 aromatic rings. The SMILES string of the molecule is CCNC(=NCc1cccc(COC(C)C)c1)NCCCOCC1CCOCC1.I. The Kier molecular flexibility index (Phi) is 15.2. The summed E-state index contributed by atoms with van der Waals surface area (Å²) in [7, 11) is 0. The molecule has 0 bridgehead atoms. The van der Waals surface area contributed by atoms with Crippen molar-refractivity contribution in [1.82, 2.24) is 10.6 Å². The molecule has 1 fully saturated rings. The van der Waals surface area contributed by atoms with Crippen molar-refractivity contribution in [1.29, 1.82) is 0 Å². The van der Waals surface area contributed by atoms with Gasteiger partial charge in [0.25, 0.3) is 0 Å². The monoisotopic (exact) mass is 533 g/mol. The highest BCUT2D eigenvalue weighted by molar-refractivity contribution is 14.0. The van der Waals surface area contributed by atoms with E-state index < -0.39 is 0 Å². The molecule has 0 aliphatic carbocycles. The summed E-state index contributed by atoms with van der Waals surface area (Å²) in [6.07, 6.45) is 3.46. The highest BCUT2D eigenvalue weighted by Gasteiger charge is 2.13. The summed E-state index contributed by atoms with van der Waals surface area (Å²) in [4.78, 5) is 4.71. The molecule has 2 N–H and O–H groups in total. The fourth-order valence-corrected chi connectivity index (χ4v) is 3.14. The second-order valence-corrected chi connectivity index (χ2v) is 7.79. The lowest BCUT2D eigenvalue weighted by Crippen LogP contribution is -2.38. The van der Waals surface area contributed by atoms with Crippen LogP contribution in [0.1, 0.15) is 51.2 Å². The molecule has 0 spiro atoms. The van der Waals surface area contributed by atoms with Gasteiger partial charge in [-0.25, -0.2) is 4.99 Å². The summed E-state index contributed by atoms with van der Waals surface area (Å²) in [6.45, 7) is 12.6. The Labute approximate surface area is 199 Å². The van der Waals surface area contributed by atoms with E-state index in [0.717, 1.165) is 64.7 Å². The van der Waals surface area contributed by atoms with Crippen LogP contribution in [0.4, 0.5) is 0 Å². The molecule has 0 unspecified atom stereocenters. The summed E-state index contributed by atoms with van der Waals surface area (Å²) in [5.74, 6) is 1.51. The Balaban J connectivity index is 0.00000450. The number of benzene rings is 1. The first-order valence-corrected chi connectivity index (χ1v) is 11.0. The molecular formula is C23H40IN3O3. The Hall–Kier alpha value is -0.900. The molecule has 2 rings (SSSR count). The molecule has 7 heteroatoms. The van der Waals surface area contributed by atoms with Crippen LogP contribution in [0, 0.1) is 5.92 Å². The Morgan fingerprint density at radius 1 is 1.20 bits per heavy atom. The molecule has 0 radical (unpaired) electrons. The van der Waals surface area contributed by atoms with Gasteiger partial charge in [-0.3, -0.25) is 0 Å². The summed E-state index contributed by atoms with van der Waals surface area (Å²) in [6, 6.07) is 8.44. The summed E-state index contributed by atoms with van der Waals surface area (Å²) >= 11 is 0. The summed E-state index contributed by atoms with van der Waals surface area (Å²) in [5, 5.41) is 6.71. The van der Waals surface area contributed by atoms with Crippen molar-refractivity contribution >= 4 is 29.9 Å². The number of nitrogens with one attached hydrogen (secondary N) is 2. The number of guanidine groups is 1. The first-order chi connectivity index (χ1) is 14.2. The van der Waals surface area contributed by atoms with E-state index in [-0.39, 0.29) is 30.1 Å². The topological polar surface area (TPSA) is 64.1 Å². The van der Waals surface area contributed by atoms with Gasteiger partial charge in [-0.1, -0.05) is 24.3 Å². The molecular weight excluding hydrogens is 493 g/mol. The number of hydrogen-bond donors (Lipinski definition) is 2. The number of hydrogen-bond acceptors (Lipinski definition) is 4. The molecule has 1 aliphatic rings. The van der Waals surface area contributed by atoms with Gasteiger partial charge in [0.2, 0.25) is 0 Å². The van der Waals surface area contributed by atoms with Gasteiger partial charge in [0.05, 0.1) is 19.3 Å². The molecule has 1 aliphatic heterocycles. The third-order valence-electron chi connectivity index (χ3n) is 4.79. The zero-order chi connectivity index (χ0) is 20.7. The van der Waals surface area contributed by atoms with Gasteiger partial charge in [-0.15, -0.1) is 24.0 Å². The number of ether oxygens (including phenoxy) is 3. The molecule has 1 aromatic carbocycles. The van der Waals surface area contributed by atoms with Crippen LogP contribution in [0.5, 0.6) is 0 Å². The van der Waals surface area contributed by atoms with Gasteiger partial charge in [0.1, 0.15) is 0 Å². The van der Waals surface area contributed by atoms with Crippen molar-refractivity contribution in [3.63, 3.8) is 0 Å². The van der Waals surface area contributed by atoms with Crippen molar-refractivity contribution in [2.75, 3.05) is 39.5 Å². The Morgan fingerprint density at radius 2 is 1.97 bits per heavy atom. The average molecular weight is 533 g/mol. The molecule has 0 aromatic heterocycles. The van der Waals surface area contributed by atoms with E-state index in [9.17, 15) is 0 Å². The lowest BCUT2D eigenvalue weighted by molar-refractivity contribution is 0.0203. The van der Waals surface area contributed by atoms with Crippen LogP contribution in [-0.4, -0.2) is 51.6 Å². The molecule has 1 heterocycles. The zero-order valence-corrected chi connectivity index (χ0v) is 21.2. The van der Waals surface area contributed by atoms with Gasteiger partial charge < -0.3 is 24.8 Å². The normalized spacial score (nSPS) is 15.1. The van der Waals surface area contributed by atoms with Crippen LogP contribution in [0.3, 0.4) is 0 Å². The van der Waals surface area contributed by atoms with E-state index in [1.165, 1.54) is 11.1 Å². The molecule has 0 saturated carbocycles. The first-order valence-electron chi connectivity index (χ1n) is 11.0. The van der Waals surface area contributed by atoms with Crippen molar-refractivity contribution < 1.29 is 14.2 Å². The van der Waals surface area contributed by atoms with Crippen molar-refractivity contribution in [3.8, 4) is 0 Å². The maximum Gasteiger partial charge on any atom is 0.191 e. The smallest absolute Gasteiger partial charge is 0.191 e. The second kappa shape index (κ2) is 16.8. The number of rotatable bonds is 12. The van der Waals surface area contributed by atoms with Crippen LogP contribution in [0.25, 0.3) is 0 Å². The van der Waals surface area contributed by atoms with E-state index >= 15 is 0 Å². The zero-order valence-electron chi connectivity index (χ0n) is 18.8. The first kappa shape index (κ1) is 27.1. The summed E-state index contributed by atoms with van der Waals surface area (Å²) < 4.78 is 16.9. The fraction of sp³-hybridized carbons (Fsp3) is 0.696. The van der Waals surface area contributed by atoms with Gasteiger partial charge in [-0.05, 0) is 57.1 Å². The van der Waals surface area contributed by atoms with Crippen LogP contribution in [0.2, 0.25) is 0 Å². The van der Waals surface area contributed by atoms with E-state index in [0.29, 0.717) is 19.1 Å². The highest BCUT2D eigenvalue weighted by atomic mass is 127. The predicted molar refractivity (Wildman–Crippen MR) is 134 cm³/mol. The van der Waals surface area contributed by atoms with E-state index in [4.69, 9.17) is 19.2 Å². The Bertz CT molecular complexity index is 593. The molecule has 30 heavy (non-hydrogen) atoms. The maximum absolute atomic E-state index is 5.83. The lowest BCUT2D eigenvalue weighted by Gasteiger charge is -2.21. The van der Waals surface area contributed by atoms with Crippen LogP contribution in [-0.2, 0) is 27.4 Å². The minimum Gasteiger partial charge on any atom is -0.381 e. The van der Waals surface area contributed by atoms with E-state index in [1.807, 2.05) is 0 Å². The molecule has 6 nitrogen and oxygen atoms in total. The van der Waals surface area contributed by atoms with Crippen LogP contribution in [0.15, 0.2) is 29.3 Å². The minimum atomic E-state index is 0. The maximum atomic E-state index is 5.83. The highest BCUT2D eigenvalue weighted by Crippen LogP contribution is 2.14. The third kappa shape index (κ3) is 12.1. The van der Waals surface area contributed by atoms with Crippen LogP contribution < -0.4 is 10.6 Å². The standard InChI is InChI=1S/C23H39N3O3.HI/c1-4-24-23(25-11-6-12-28-17-20-9-13-27-14-10-20)26-16-21-7-5-8-22(15-21)18-29-19(2)3;/h5,7-8,15,19-20H,4,6,9-14,16-18H2,1-3H3,(H2,24,25,26);1H. The predicted octanol–water partition coefficient (Wildman–Crippen LogP) is 4.12. The van der Waals surface area contributed by atoms with Gasteiger partial charge in [0, 0.05) is 39.5 Å². The fourth-order valence-electron chi connectivity index (χ4n) is 3.14. The molecule has 1 saturated heterocycles. The number of aliphatic imine (C=N–C) groups is 1. The number of nitrogens with zero attached hydrogens (tertiary/aromatic N) is 1. The van der Waals surface area contributed by atoms with E-state index in [2.05, 4.69) is 55.7 Å². The average Bonchev–Trinajstić information content (AvgIpc) is 2.74. The minimum absolute atomic E-state index is 0. The van der Waals surface area contributed by atoms with Crippen molar-refractivity contribution in [2.45, 2.75) is 59.3 Å². The number of halogens is 1. The lowest BCUT2D eigenvalue weighted by atomic mass is 10.0. The Morgan fingerprint density at radius 3 is 2.70 bits per heavy atom. The quantitative estimate of drug-likeness (QED) is 0.183. The van der Waals surface area contributed by atoms with Gasteiger partial charge >= 0.3 is 0 Å². The molecule has 172 valence electrons. The van der Waals surface area contributed by atoms with Crippen molar-refractivity contribution in [3.05, 3.63) is 35.4 Å². The largest absolute Gasteiger partial charge is 0.381 e. The van der Waals surface area contributed by atoms with Gasteiger partial charge in [0.15, 0.2) is 5.96 Å². The molecule has 0 amide bonds. The second-order valence-electron chi connectivity index (χ2n) is 7.79. The third-order valence-corrected chi connectivity index (χ3v) is 4.79. The van der Waals surface area contributed by atoms with Crippen LogP contribution >= 0.6 is 24.0 Å². The van der Waals surface area contributed by atoms with Gasteiger partial charge in [-0.2, -0.15) is 0 Å². The summed E-state index contributed by atoms with van der Waals surface area (Å²) in [5.41, 5.74) is 2.37. The van der Waals surface area contributed by atoms with E-state index in [1.54, 1.807) is 0 Å². The molecule has 0 atom stereocenters.